The van der Waals surface area contributed by atoms with Crippen LogP contribution in [-0.4, -0.2) is 18.8 Å². The molecule has 0 unspecified atom stereocenters. The van der Waals surface area contributed by atoms with E-state index < -0.39 is 0 Å². The predicted octanol–water partition coefficient (Wildman–Crippen LogP) is 7.97. The highest BCUT2D eigenvalue weighted by atomic mass is 16.6. The van der Waals surface area contributed by atoms with E-state index in [1.165, 1.54) is 38.2 Å². The van der Waals surface area contributed by atoms with Crippen LogP contribution in [0, 0.1) is 13.8 Å². The summed E-state index contributed by atoms with van der Waals surface area (Å²) in [7, 11) is 0. The predicted molar refractivity (Wildman–Crippen MR) is 146 cm³/mol. The van der Waals surface area contributed by atoms with Crippen molar-refractivity contribution in [3.63, 3.8) is 0 Å². The van der Waals surface area contributed by atoms with E-state index in [1.807, 2.05) is 24.3 Å². The van der Waals surface area contributed by atoms with Gasteiger partial charge in [-0.1, -0.05) is 83.9 Å². The van der Waals surface area contributed by atoms with Crippen LogP contribution in [0.4, 0.5) is 0 Å². The van der Waals surface area contributed by atoms with E-state index in [0.717, 1.165) is 17.9 Å². The standard InChI is InChI=1S/C33H30O3/c1-22-11-15-26(16-12-22)34-21-32-30(35-27-17-13-23(2)14-18-27)20-31(36-32)33-28-9-5-3-7-24(28)19-25-8-4-6-10-29(25)33/h3-19,30-32H,20-21H2,1-2H3/t30-,31-,32+/m0/s1. The molecule has 0 radical (unpaired) electrons. The Morgan fingerprint density at radius 2 is 1.25 bits per heavy atom. The van der Waals surface area contributed by atoms with E-state index in [-0.39, 0.29) is 18.3 Å². The molecule has 0 aromatic heterocycles. The van der Waals surface area contributed by atoms with Crippen LogP contribution in [0.5, 0.6) is 11.5 Å². The molecule has 5 aromatic carbocycles. The normalized spacial score (nSPS) is 19.6. The van der Waals surface area contributed by atoms with E-state index in [0.29, 0.717) is 6.61 Å². The van der Waals surface area contributed by atoms with E-state index >= 15 is 0 Å². The highest BCUT2D eigenvalue weighted by molar-refractivity contribution is 6.02. The maximum Gasteiger partial charge on any atom is 0.131 e. The Morgan fingerprint density at radius 3 is 1.86 bits per heavy atom. The molecule has 6 rings (SSSR count). The summed E-state index contributed by atoms with van der Waals surface area (Å²) in [6.45, 7) is 4.59. The molecule has 0 saturated carbocycles. The molecule has 5 aromatic rings. The molecule has 1 aliphatic heterocycles. The molecule has 0 bridgehead atoms. The Labute approximate surface area is 212 Å². The Hall–Kier alpha value is -3.82. The molecule has 3 atom stereocenters. The number of ether oxygens (including phenoxy) is 3. The minimum Gasteiger partial charge on any atom is -0.491 e. The first kappa shape index (κ1) is 22.6. The topological polar surface area (TPSA) is 27.7 Å². The fourth-order valence-corrected chi connectivity index (χ4v) is 5.17. The van der Waals surface area contributed by atoms with Crippen LogP contribution < -0.4 is 9.47 Å². The lowest BCUT2D eigenvalue weighted by Gasteiger charge is -2.21. The van der Waals surface area contributed by atoms with Gasteiger partial charge in [0.15, 0.2) is 0 Å². The summed E-state index contributed by atoms with van der Waals surface area (Å²) in [5.41, 5.74) is 3.66. The van der Waals surface area contributed by atoms with Crippen molar-refractivity contribution < 1.29 is 14.2 Å². The number of rotatable bonds is 6. The maximum absolute atomic E-state index is 6.77. The van der Waals surface area contributed by atoms with Gasteiger partial charge in [-0.3, -0.25) is 0 Å². The monoisotopic (exact) mass is 474 g/mol. The van der Waals surface area contributed by atoms with Crippen LogP contribution in [0.3, 0.4) is 0 Å². The van der Waals surface area contributed by atoms with Crippen molar-refractivity contribution in [2.45, 2.75) is 38.6 Å². The third-order valence-electron chi connectivity index (χ3n) is 7.08. The Balaban J connectivity index is 1.35. The van der Waals surface area contributed by atoms with Crippen LogP contribution in [-0.2, 0) is 4.74 Å². The second-order valence-electron chi connectivity index (χ2n) is 9.72. The SMILES string of the molecule is Cc1ccc(OC[C@H]2O[C@H](c3c4ccccc4cc4ccccc34)C[C@@H]2Oc2ccc(C)cc2)cc1. The molecule has 0 amide bonds. The van der Waals surface area contributed by atoms with Crippen molar-refractivity contribution in [1.82, 2.24) is 0 Å². The van der Waals surface area contributed by atoms with Crippen molar-refractivity contribution in [3.8, 4) is 11.5 Å². The van der Waals surface area contributed by atoms with Crippen LogP contribution in [0.1, 0.15) is 29.2 Å². The summed E-state index contributed by atoms with van der Waals surface area (Å²) in [4.78, 5) is 0. The Morgan fingerprint density at radius 1 is 0.694 bits per heavy atom. The smallest absolute Gasteiger partial charge is 0.131 e. The van der Waals surface area contributed by atoms with Gasteiger partial charge in [0.2, 0.25) is 0 Å². The van der Waals surface area contributed by atoms with Gasteiger partial charge < -0.3 is 14.2 Å². The molecule has 1 aliphatic rings. The molecular formula is C33H30O3. The number of fused-ring (bicyclic) bond motifs is 2. The van der Waals surface area contributed by atoms with Gasteiger partial charge in [0, 0.05) is 6.42 Å². The zero-order valence-electron chi connectivity index (χ0n) is 20.7. The molecule has 3 heteroatoms. The number of hydrogen-bond donors (Lipinski definition) is 0. The second kappa shape index (κ2) is 9.67. The second-order valence-corrected chi connectivity index (χ2v) is 9.72. The van der Waals surface area contributed by atoms with Crippen molar-refractivity contribution in [1.29, 1.82) is 0 Å². The Bertz CT molecular complexity index is 1430. The Kier molecular flexibility index (Phi) is 6.08. The van der Waals surface area contributed by atoms with Crippen molar-refractivity contribution in [2.24, 2.45) is 0 Å². The third-order valence-corrected chi connectivity index (χ3v) is 7.08. The van der Waals surface area contributed by atoms with E-state index in [9.17, 15) is 0 Å². The maximum atomic E-state index is 6.77. The van der Waals surface area contributed by atoms with Gasteiger partial charge in [0.05, 0.1) is 6.10 Å². The number of benzene rings is 5. The highest BCUT2D eigenvalue weighted by Crippen LogP contribution is 2.42. The van der Waals surface area contributed by atoms with Gasteiger partial charge in [-0.15, -0.1) is 0 Å². The largest absolute Gasteiger partial charge is 0.491 e. The zero-order chi connectivity index (χ0) is 24.5. The quantitative estimate of drug-likeness (QED) is 0.234. The molecule has 0 N–H and O–H groups in total. The molecule has 36 heavy (non-hydrogen) atoms. The van der Waals surface area contributed by atoms with Crippen LogP contribution in [0.2, 0.25) is 0 Å². The first-order valence-corrected chi connectivity index (χ1v) is 12.6. The van der Waals surface area contributed by atoms with Crippen molar-refractivity contribution in [2.75, 3.05) is 6.61 Å². The average Bonchev–Trinajstić information content (AvgIpc) is 3.30. The summed E-state index contributed by atoms with van der Waals surface area (Å²) in [5, 5.41) is 4.92. The van der Waals surface area contributed by atoms with Crippen LogP contribution in [0.25, 0.3) is 21.5 Å². The van der Waals surface area contributed by atoms with Crippen LogP contribution >= 0.6 is 0 Å². The van der Waals surface area contributed by atoms with E-state index in [1.54, 1.807) is 0 Å². The van der Waals surface area contributed by atoms with Gasteiger partial charge in [-0.05, 0) is 71.3 Å². The fourth-order valence-electron chi connectivity index (χ4n) is 5.17. The van der Waals surface area contributed by atoms with Gasteiger partial charge in [-0.2, -0.15) is 0 Å². The van der Waals surface area contributed by atoms with Gasteiger partial charge >= 0.3 is 0 Å². The third kappa shape index (κ3) is 4.55. The summed E-state index contributed by atoms with van der Waals surface area (Å²) in [5.74, 6) is 1.70. The molecule has 180 valence electrons. The molecule has 3 nitrogen and oxygen atoms in total. The number of aryl methyl sites for hydroxylation is 2. The zero-order valence-corrected chi connectivity index (χ0v) is 20.7. The first-order chi connectivity index (χ1) is 17.6. The summed E-state index contributed by atoms with van der Waals surface area (Å²) >= 11 is 0. The van der Waals surface area contributed by atoms with Gasteiger partial charge in [0.1, 0.15) is 30.3 Å². The van der Waals surface area contributed by atoms with E-state index in [4.69, 9.17) is 14.2 Å². The minimum atomic E-state index is -0.199. The van der Waals surface area contributed by atoms with Crippen molar-refractivity contribution in [3.05, 3.63) is 120 Å². The lowest BCUT2D eigenvalue weighted by molar-refractivity contribution is -0.00991. The van der Waals surface area contributed by atoms with E-state index in [2.05, 4.69) is 92.7 Å². The first-order valence-electron chi connectivity index (χ1n) is 12.6. The van der Waals surface area contributed by atoms with Gasteiger partial charge in [0.25, 0.3) is 0 Å². The fraction of sp³-hybridized carbons (Fsp3) is 0.212. The van der Waals surface area contributed by atoms with Crippen LogP contribution in [0.15, 0.2) is 103 Å². The summed E-state index contributed by atoms with van der Waals surface area (Å²) in [6.07, 6.45) is 0.340. The molecule has 1 heterocycles. The number of hydrogen-bond acceptors (Lipinski definition) is 3. The summed E-state index contributed by atoms with van der Waals surface area (Å²) in [6, 6.07) is 35.8. The lowest BCUT2D eigenvalue weighted by Crippen LogP contribution is -2.32. The molecule has 1 saturated heterocycles. The molecule has 0 aliphatic carbocycles. The summed E-state index contributed by atoms with van der Waals surface area (Å²) < 4.78 is 19.5. The molecular weight excluding hydrogens is 444 g/mol. The average molecular weight is 475 g/mol. The highest BCUT2D eigenvalue weighted by Gasteiger charge is 2.39. The van der Waals surface area contributed by atoms with Crippen molar-refractivity contribution >= 4 is 21.5 Å². The molecule has 1 fully saturated rings. The minimum absolute atomic E-state index is 0.0944. The van der Waals surface area contributed by atoms with Gasteiger partial charge in [-0.25, -0.2) is 0 Å². The lowest BCUT2D eigenvalue weighted by atomic mass is 9.92. The molecule has 0 spiro atoms.